The maximum absolute atomic E-state index is 11.2. The number of benzene rings is 1. The van der Waals surface area contributed by atoms with Crippen LogP contribution < -0.4 is 10.6 Å². The summed E-state index contributed by atoms with van der Waals surface area (Å²) in [5.74, 6) is 0. The van der Waals surface area contributed by atoms with Crippen LogP contribution in [0.4, 0.5) is 11.4 Å². The molecule has 1 aromatic rings. The van der Waals surface area contributed by atoms with E-state index in [1.807, 2.05) is 13.0 Å². The van der Waals surface area contributed by atoms with Gasteiger partial charge < -0.3 is 15.4 Å². The Morgan fingerprint density at radius 3 is 2.76 bits per heavy atom. The van der Waals surface area contributed by atoms with E-state index in [1.165, 1.54) is 0 Å². The first kappa shape index (κ1) is 15.7. The van der Waals surface area contributed by atoms with Gasteiger partial charge in [-0.25, -0.2) is 0 Å². The molecule has 0 atom stereocenters. The quantitative estimate of drug-likeness (QED) is 0.622. The Balaban J connectivity index is 2.12. The topological polar surface area (TPSA) is 76.4 Å². The van der Waals surface area contributed by atoms with E-state index in [4.69, 9.17) is 4.74 Å². The first-order valence-electron chi connectivity index (χ1n) is 7.25. The number of nitro benzene ring substituents is 1. The summed E-state index contributed by atoms with van der Waals surface area (Å²) in [5.41, 5.74) is 1.65. The van der Waals surface area contributed by atoms with Crippen molar-refractivity contribution in [2.75, 3.05) is 38.7 Å². The number of hydrogen-bond acceptors (Lipinski definition) is 5. The summed E-state index contributed by atoms with van der Waals surface area (Å²) in [7, 11) is 1.71. The molecule has 21 heavy (non-hydrogen) atoms. The van der Waals surface area contributed by atoms with Gasteiger partial charge in [0.2, 0.25) is 0 Å². The van der Waals surface area contributed by atoms with E-state index in [0.29, 0.717) is 18.8 Å². The Morgan fingerprint density at radius 2 is 2.14 bits per heavy atom. The zero-order chi connectivity index (χ0) is 15.3. The fourth-order valence-corrected chi connectivity index (χ4v) is 2.86. The molecule has 1 saturated heterocycles. The predicted octanol–water partition coefficient (Wildman–Crippen LogP) is 2.33. The highest BCUT2D eigenvalue weighted by Crippen LogP contribution is 2.32. The van der Waals surface area contributed by atoms with E-state index >= 15 is 0 Å². The lowest BCUT2D eigenvalue weighted by Crippen LogP contribution is -2.44. The smallest absolute Gasteiger partial charge is 0.292 e. The highest BCUT2D eigenvalue weighted by atomic mass is 16.6. The van der Waals surface area contributed by atoms with Crippen LogP contribution in [0.15, 0.2) is 18.2 Å². The SMILES string of the molecule is COCC1(CNc2ccc(C)cc2[N+](=O)[O-])CCNCC1. The molecule has 6 heteroatoms. The van der Waals surface area contributed by atoms with Gasteiger partial charge in [0.25, 0.3) is 5.69 Å². The Bertz CT molecular complexity index is 493. The zero-order valence-electron chi connectivity index (χ0n) is 12.6. The summed E-state index contributed by atoms with van der Waals surface area (Å²) < 4.78 is 5.37. The van der Waals surface area contributed by atoms with Gasteiger partial charge in [0.1, 0.15) is 5.69 Å². The van der Waals surface area contributed by atoms with Crippen molar-refractivity contribution in [2.45, 2.75) is 19.8 Å². The third-order valence-electron chi connectivity index (χ3n) is 4.12. The maximum Gasteiger partial charge on any atom is 0.292 e. The standard InChI is InChI=1S/C15H23N3O3/c1-12-3-4-13(14(9-12)18(19)20)17-10-15(11-21-2)5-7-16-8-6-15/h3-4,9,16-17H,5-8,10-11H2,1-2H3. The van der Waals surface area contributed by atoms with Gasteiger partial charge >= 0.3 is 0 Å². The molecular formula is C15H23N3O3. The Hall–Kier alpha value is -1.66. The van der Waals surface area contributed by atoms with E-state index in [-0.39, 0.29) is 16.0 Å². The van der Waals surface area contributed by atoms with E-state index in [2.05, 4.69) is 10.6 Å². The first-order valence-corrected chi connectivity index (χ1v) is 7.25. The van der Waals surface area contributed by atoms with Gasteiger partial charge in [-0.2, -0.15) is 0 Å². The number of rotatable bonds is 6. The van der Waals surface area contributed by atoms with Crippen LogP contribution in [0.1, 0.15) is 18.4 Å². The number of nitro groups is 1. The third kappa shape index (κ3) is 3.92. The number of nitrogens with zero attached hydrogens (tertiary/aromatic N) is 1. The molecule has 2 rings (SSSR count). The number of ether oxygens (including phenoxy) is 1. The number of piperidine rings is 1. The molecule has 0 spiro atoms. The van der Waals surface area contributed by atoms with E-state index in [9.17, 15) is 10.1 Å². The number of aryl methyl sites for hydroxylation is 1. The van der Waals surface area contributed by atoms with Gasteiger partial charge in [0, 0.05) is 25.1 Å². The van der Waals surface area contributed by atoms with Crippen LogP contribution in [-0.2, 0) is 4.74 Å². The molecular weight excluding hydrogens is 270 g/mol. The molecule has 1 fully saturated rings. The van der Waals surface area contributed by atoms with Crippen LogP contribution in [0.25, 0.3) is 0 Å². The number of anilines is 1. The second-order valence-electron chi connectivity index (χ2n) is 5.81. The molecule has 0 saturated carbocycles. The van der Waals surface area contributed by atoms with E-state index in [0.717, 1.165) is 31.5 Å². The number of hydrogen-bond donors (Lipinski definition) is 2. The lowest BCUT2D eigenvalue weighted by Gasteiger charge is -2.37. The molecule has 0 unspecified atom stereocenters. The normalized spacial score (nSPS) is 17.4. The van der Waals surface area contributed by atoms with Crippen LogP contribution in [-0.4, -0.2) is 38.3 Å². The fourth-order valence-electron chi connectivity index (χ4n) is 2.86. The number of nitrogens with one attached hydrogen (secondary N) is 2. The van der Waals surface area contributed by atoms with E-state index in [1.54, 1.807) is 19.2 Å². The maximum atomic E-state index is 11.2. The minimum absolute atomic E-state index is 0.0404. The summed E-state index contributed by atoms with van der Waals surface area (Å²) in [4.78, 5) is 10.8. The van der Waals surface area contributed by atoms with Crippen molar-refractivity contribution < 1.29 is 9.66 Å². The summed E-state index contributed by atoms with van der Waals surface area (Å²) in [5, 5.41) is 17.8. The highest BCUT2D eigenvalue weighted by Gasteiger charge is 2.32. The van der Waals surface area contributed by atoms with Crippen molar-refractivity contribution >= 4 is 11.4 Å². The molecule has 1 aliphatic rings. The van der Waals surface area contributed by atoms with Crippen molar-refractivity contribution in [3.63, 3.8) is 0 Å². The minimum Gasteiger partial charge on any atom is -0.384 e. The van der Waals surface area contributed by atoms with Gasteiger partial charge in [0.05, 0.1) is 11.5 Å². The molecule has 0 aromatic heterocycles. The molecule has 6 nitrogen and oxygen atoms in total. The molecule has 1 aromatic carbocycles. The van der Waals surface area contributed by atoms with Crippen molar-refractivity contribution in [1.29, 1.82) is 0 Å². The molecule has 2 N–H and O–H groups in total. The van der Waals surface area contributed by atoms with Crippen molar-refractivity contribution in [2.24, 2.45) is 5.41 Å². The van der Waals surface area contributed by atoms with Crippen LogP contribution >= 0.6 is 0 Å². The lowest BCUT2D eigenvalue weighted by molar-refractivity contribution is -0.384. The predicted molar refractivity (Wildman–Crippen MR) is 82.7 cm³/mol. The average Bonchev–Trinajstić information content (AvgIpc) is 2.47. The average molecular weight is 293 g/mol. The molecule has 0 amide bonds. The van der Waals surface area contributed by atoms with Crippen molar-refractivity contribution in [3.05, 3.63) is 33.9 Å². The van der Waals surface area contributed by atoms with E-state index < -0.39 is 0 Å². The lowest BCUT2D eigenvalue weighted by atomic mass is 9.79. The second-order valence-corrected chi connectivity index (χ2v) is 5.81. The summed E-state index contributed by atoms with van der Waals surface area (Å²) in [6, 6.07) is 5.28. The molecule has 0 aliphatic carbocycles. The molecule has 116 valence electrons. The summed E-state index contributed by atoms with van der Waals surface area (Å²) >= 11 is 0. The van der Waals surface area contributed by atoms with Gasteiger partial charge in [-0.1, -0.05) is 6.07 Å². The van der Waals surface area contributed by atoms with Crippen LogP contribution in [0.2, 0.25) is 0 Å². The summed E-state index contributed by atoms with van der Waals surface area (Å²) in [6.45, 7) is 5.13. The Kier molecular flexibility index (Phi) is 5.14. The van der Waals surface area contributed by atoms with Gasteiger partial charge in [0.15, 0.2) is 0 Å². The molecule has 0 bridgehead atoms. The van der Waals surface area contributed by atoms with Crippen LogP contribution in [0, 0.1) is 22.5 Å². The zero-order valence-corrected chi connectivity index (χ0v) is 12.6. The fraction of sp³-hybridized carbons (Fsp3) is 0.600. The van der Waals surface area contributed by atoms with Gasteiger partial charge in [-0.3, -0.25) is 10.1 Å². The van der Waals surface area contributed by atoms with Gasteiger partial charge in [-0.05, 0) is 44.5 Å². The van der Waals surface area contributed by atoms with Crippen molar-refractivity contribution in [1.82, 2.24) is 5.32 Å². The summed E-state index contributed by atoms with van der Waals surface area (Å²) in [6.07, 6.45) is 2.01. The van der Waals surface area contributed by atoms with Gasteiger partial charge in [-0.15, -0.1) is 0 Å². The number of methoxy groups -OCH3 is 1. The first-order chi connectivity index (χ1) is 10.1. The Morgan fingerprint density at radius 1 is 1.43 bits per heavy atom. The molecule has 1 heterocycles. The monoisotopic (exact) mass is 293 g/mol. The molecule has 0 radical (unpaired) electrons. The third-order valence-corrected chi connectivity index (χ3v) is 4.12. The largest absolute Gasteiger partial charge is 0.384 e. The van der Waals surface area contributed by atoms with Crippen LogP contribution in [0.5, 0.6) is 0 Å². The van der Waals surface area contributed by atoms with Crippen molar-refractivity contribution in [3.8, 4) is 0 Å². The molecule has 1 aliphatic heterocycles. The van der Waals surface area contributed by atoms with Crippen LogP contribution in [0.3, 0.4) is 0 Å². The second kappa shape index (κ2) is 6.87. The highest BCUT2D eigenvalue weighted by molar-refractivity contribution is 5.62. The minimum atomic E-state index is -0.333. The Labute approximate surface area is 125 Å².